The average Bonchev–Trinajstić information content (AvgIpc) is 2.63. The minimum atomic E-state index is -0.209. The molecule has 0 nitrogen and oxygen atoms in total. The van der Waals surface area contributed by atoms with E-state index in [2.05, 4.69) is 80.4 Å². The normalized spacial score (nSPS) is 12.1. The summed E-state index contributed by atoms with van der Waals surface area (Å²) in [6.07, 6.45) is 0.923. The van der Waals surface area contributed by atoms with Crippen LogP contribution in [0.25, 0.3) is 0 Å². The molecule has 0 heterocycles. The van der Waals surface area contributed by atoms with Gasteiger partial charge >= 0.3 is 0 Å². The van der Waals surface area contributed by atoms with Gasteiger partial charge in [0.2, 0.25) is 0 Å². The zero-order valence-electron chi connectivity index (χ0n) is 13.1. The fraction of sp³-hybridized carbons (Fsp3) is 0.143. The Hall–Kier alpha value is -1.45. The fourth-order valence-corrected chi connectivity index (χ4v) is 3.59. The van der Waals surface area contributed by atoms with Crippen LogP contribution in [0.1, 0.15) is 32.6 Å². The Balaban J connectivity index is 1.71. The molecule has 0 saturated carbocycles. The van der Waals surface area contributed by atoms with Gasteiger partial charge in [-0.2, -0.15) is 0 Å². The van der Waals surface area contributed by atoms with Crippen LogP contribution in [0.5, 0.6) is 0 Å². The molecule has 0 radical (unpaired) electrons. The lowest BCUT2D eigenvalue weighted by Gasteiger charge is -2.12. The molecule has 0 aliphatic carbocycles. The van der Waals surface area contributed by atoms with Crippen LogP contribution in [-0.2, 0) is 11.8 Å². The Labute approximate surface area is 159 Å². The maximum absolute atomic E-state index is 13.0. The molecular formula is C21H17Br2F. The zero-order valence-corrected chi connectivity index (χ0v) is 16.2. The van der Waals surface area contributed by atoms with Gasteiger partial charge in [-0.15, -0.1) is 0 Å². The van der Waals surface area contributed by atoms with Crippen molar-refractivity contribution in [3.63, 3.8) is 0 Å². The lowest BCUT2D eigenvalue weighted by Crippen LogP contribution is -1.94. The second-order valence-corrected chi connectivity index (χ2v) is 7.26. The van der Waals surface area contributed by atoms with Crippen molar-refractivity contribution >= 4 is 31.9 Å². The molecule has 3 aromatic carbocycles. The Morgan fingerprint density at radius 2 is 1.08 bits per heavy atom. The third-order valence-corrected chi connectivity index (χ3v) is 5.73. The van der Waals surface area contributed by atoms with Crippen LogP contribution >= 0.6 is 31.9 Å². The van der Waals surface area contributed by atoms with Gasteiger partial charge in [-0.25, -0.2) is 4.39 Å². The molecule has 3 aromatic rings. The van der Waals surface area contributed by atoms with E-state index in [1.54, 1.807) is 0 Å². The highest BCUT2D eigenvalue weighted by atomic mass is 79.9. The van der Waals surface area contributed by atoms with Crippen LogP contribution in [0.3, 0.4) is 0 Å². The fourth-order valence-electron chi connectivity index (χ4n) is 2.61. The van der Waals surface area contributed by atoms with Crippen molar-refractivity contribution < 1.29 is 4.39 Å². The minimum Gasteiger partial charge on any atom is -0.207 e. The van der Waals surface area contributed by atoms with Gasteiger partial charge in [0.15, 0.2) is 0 Å². The predicted octanol–water partition coefficient (Wildman–Crippen LogP) is 6.80. The molecule has 24 heavy (non-hydrogen) atoms. The van der Waals surface area contributed by atoms with Crippen molar-refractivity contribution in [1.82, 2.24) is 0 Å². The maximum atomic E-state index is 13.0. The molecular weight excluding hydrogens is 431 g/mol. The van der Waals surface area contributed by atoms with E-state index in [0.717, 1.165) is 17.3 Å². The summed E-state index contributed by atoms with van der Waals surface area (Å²) in [4.78, 5) is 0.0744. The Morgan fingerprint density at radius 3 is 1.58 bits per heavy atom. The zero-order chi connectivity index (χ0) is 16.9. The molecule has 0 N–H and O–H groups in total. The standard InChI is InChI=1S/C21H17Br2F/c22-14-17-3-1-15(2-4-17)13-16-5-7-18(8-6-16)21(23)19-9-11-20(24)12-10-19/h1-12,21H,13-14H2. The van der Waals surface area contributed by atoms with E-state index in [1.165, 1.54) is 34.4 Å². The van der Waals surface area contributed by atoms with Gasteiger partial charge in [-0.1, -0.05) is 92.5 Å². The number of benzene rings is 3. The van der Waals surface area contributed by atoms with Gasteiger partial charge in [-0.3, -0.25) is 0 Å². The third-order valence-electron chi connectivity index (χ3n) is 4.02. The molecule has 0 saturated heterocycles. The van der Waals surface area contributed by atoms with Crippen LogP contribution in [0, 0.1) is 5.82 Å². The van der Waals surface area contributed by atoms with Crippen molar-refractivity contribution in [1.29, 1.82) is 0 Å². The van der Waals surface area contributed by atoms with Crippen molar-refractivity contribution in [3.05, 3.63) is 106 Å². The van der Waals surface area contributed by atoms with Crippen LogP contribution in [-0.4, -0.2) is 0 Å². The molecule has 122 valence electrons. The second kappa shape index (κ2) is 8.09. The predicted molar refractivity (Wildman–Crippen MR) is 105 cm³/mol. The Bertz CT molecular complexity index is 778. The maximum Gasteiger partial charge on any atom is 0.123 e. The van der Waals surface area contributed by atoms with E-state index in [9.17, 15) is 4.39 Å². The molecule has 0 amide bonds. The summed E-state index contributed by atoms with van der Waals surface area (Å²) in [6, 6.07) is 23.9. The summed E-state index contributed by atoms with van der Waals surface area (Å²) in [6.45, 7) is 0. The van der Waals surface area contributed by atoms with E-state index in [1.807, 2.05) is 12.1 Å². The molecule has 3 rings (SSSR count). The van der Waals surface area contributed by atoms with Crippen LogP contribution in [0.2, 0.25) is 0 Å². The first-order chi connectivity index (χ1) is 11.7. The van der Waals surface area contributed by atoms with Gasteiger partial charge in [-0.05, 0) is 46.4 Å². The second-order valence-electron chi connectivity index (χ2n) is 5.78. The number of hydrogen-bond donors (Lipinski definition) is 0. The van der Waals surface area contributed by atoms with E-state index in [0.29, 0.717) is 0 Å². The summed E-state index contributed by atoms with van der Waals surface area (Å²) in [5.41, 5.74) is 6.09. The lowest BCUT2D eigenvalue weighted by molar-refractivity contribution is 0.627. The number of rotatable bonds is 5. The Kier molecular flexibility index (Phi) is 5.85. The van der Waals surface area contributed by atoms with E-state index < -0.39 is 0 Å². The first kappa shape index (κ1) is 17.4. The summed E-state index contributed by atoms with van der Waals surface area (Å²) >= 11 is 7.17. The summed E-state index contributed by atoms with van der Waals surface area (Å²) < 4.78 is 13.0. The average molecular weight is 448 g/mol. The van der Waals surface area contributed by atoms with Crippen molar-refractivity contribution in [3.8, 4) is 0 Å². The highest BCUT2D eigenvalue weighted by molar-refractivity contribution is 9.09. The molecule has 0 aliphatic heterocycles. The molecule has 0 fully saturated rings. The van der Waals surface area contributed by atoms with Crippen LogP contribution in [0.15, 0.2) is 72.8 Å². The molecule has 0 spiro atoms. The first-order valence-corrected chi connectivity index (χ1v) is 9.81. The quantitative estimate of drug-likeness (QED) is 0.377. The number of alkyl halides is 2. The molecule has 0 aromatic heterocycles. The van der Waals surface area contributed by atoms with Gasteiger partial charge in [0, 0.05) is 5.33 Å². The Morgan fingerprint density at radius 1 is 0.667 bits per heavy atom. The van der Waals surface area contributed by atoms with Gasteiger partial charge in [0.25, 0.3) is 0 Å². The van der Waals surface area contributed by atoms with Gasteiger partial charge < -0.3 is 0 Å². The SMILES string of the molecule is Fc1ccc(C(Br)c2ccc(Cc3ccc(CBr)cc3)cc2)cc1. The smallest absolute Gasteiger partial charge is 0.123 e. The largest absolute Gasteiger partial charge is 0.207 e. The summed E-state index contributed by atoms with van der Waals surface area (Å²) in [5.74, 6) is -0.209. The number of hydrogen-bond acceptors (Lipinski definition) is 0. The molecule has 3 heteroatoms. The molecule has 1 unspecified atom stereocenters. The van der Waals surface area contributed by atoms with Crippen molar-refractivity contribution in [2.45, 2.75) is 16.6 Å². The molecule has 0 bridgehead atoms. The summed E-state index contributed by atoms with van der Waals surface area (Å²) in [7, 11) is 0. The van der Waals surface area contributed by atoms with E-state index in [-0.39, 0.29) is 10.6 Å². The summed E-state index contributed by atoms with van der Waals surface area (Å²) in [5, 5.41) is 0.887. The van der Waals surface area contributed by atoms with Crippen molar-refractivity contribution in [2.24, 2.45) is 0 Å². The molecule has 0 aliphatic rings. The third kappa shape index (κ3) is 4.34. The minimum absolute atomic E-state index is 0.0744. The highest BCUT2D eigenvalue weighted by Crippen LogP contribution is 2.31. The van der Waals surface area contributed by atoms with Crippen LogP contribution in [0.4, 0.5) is 4.39 Å². The van der Waals surface area contributed by atoms with Crippen LogP contribution < -0.4 is 0 Å². The first-order valence-electron chi connectivity index (χ1n) is 7.78. The monoisotopic (exact) mass is 446 g/mol. The highest BCUT2D eigenvalue weighted by Gasteiger charge is 2.10. The molecule has 1 atom stereocenters. The van der Waals surface area contributed by atoms with E-state index >= 15 is 0 Å². The van der Waals surface area contributed by atoms with Crippen molar-refractivity contribution in [2.75, 3.05) is 0 Å². The topological polar surface area (TPSA) is 0 Å². The van der Waals surface area contributed by atoms with Gasteiger partial charge in [0.05, 0.1) is 4.83 Å². The van der Waals surface area contributed by atoms with Gasteiger partial charge in [0.1, 0.15) is 5.82 Å². The lowest BCUT2D eigenvalue weighted by atomic mass is 10.00. The number of halogens is 3. The van der Waals surface area contributed by atoms with E-state index in [4.69, 9.17) is 0 Å².